The summed E-state index contributed by atoms with van der Waals surface area (Å²) >= 11 is 0. The summed E-state index contributed by atoms with van der Waals surface area (Å²) in [6.45, 7) is 2.22. The van der Waals surface area contributed by atoms with Gasteiger partial charge in [-0.2, -0.15) is 0 Å². The van der Waals surface area contributed by atoms with Crippen LogP contribution in [0.15, 0.2) is 18.5 Å². The molecule has 3 heterocycles. The molecule has 1 aromatic heterocycles. The van der Waals surface area contributed by atoms with Crippen LogP contribution in [0.5, 0.6) is 5.75 Å². The highest BCUT2D eigenvalue weighted by Gasteiger charge is 2.35. The van der Waals surface area contributed by atoms with E-state index in [1.807, 2.05) is 6.20 Å². The summed E-state index contributed by atoms with van der Waals surface area (Å²) in [6, 6.07) is 3.39. The Hall–Kier alpha value is -1.29. The molecule has 0 saturated carbocycles. The first kappa shape index (κ1) is 10.8. The number of fused-ring (bicyclic) bond motifs is 2. The van der Waals surface area contributed by atoms with Crippen LogP contribution >= 0.6 is 0 Å². The Balaban J connectivity index is 1.91. The first-order chi connectivity index (χ1) is 8.38. The van der Waals surface area contributed by atoms with Crippen LogP contribution in [0.25, 0.3) is 0 Å². The van der Waals surface area contributed by atoms with Crippen LogP contribution in [0.4, 0.5) is 5.69 Å². The molecule has 4 heteroatoms. The minimum Gasteiger partial charge on any atom is -0.495 e. The number of nitrogens with zero attached hydrogens (tertiary/aromatic N) is 2. The summed E-state index contributed by atoms with van der Waals surface area (Å²) < 4.78 is 5.26. The summed E-state index contributed by atoms with van der Waals surface area (Å²) in [5, 5.41) is 3.51. The Morgan fingerprint density at radius 1 is 1.29 bits per heavy atom. The van der Waals surface area contributed by atoms with Gasteiger partial charge in [-0.25, -0.2) is 0 Å². The third kappa shape index (κ3) is 1.97. The van der Waals surface area contributed by atoms with Crippen molar-refractivity contribution < 1.29 is 4.74 Å². The van der Waals surface area contributed by atoms with E-state index in [0.717, 1.165) is 18.8 Å². The second-order valence-corrected chi connectivity index (χ2v) is 4.87. The minimum absolute atomic E-state index is 0.622. The SMILES string of the molecule is COc1cncc(N2[C@@H]3CCNC[C@H]2CC3)c1. The Morgan fingerprint density at radius 3 is 3.06 bits per heavy atom. The van der Waals surface area contributed by atoms with Crippen LogP contribution in [-0.2, 0) is 0 Å². The molecule has 1 aromatic rings. The molecule has 0 unspecified atom stereocenters. The molecule has 0 amide bonds. The van der Waals surface area contributed by atoms with Gasteiger partial charge in [0.15, 0.2) is 0 Å². The summed E-state index contributed by atoms with van der Waals surface area (Å²) in [6.07, 6.45) is 7.55. The molecule has 2 saturated heterocycles. The van der Waals surface area contributed by atoms with Crippen molar-refractivity contribution in [2.75, 3.05) is 25.1 Å². The molecule has 2 fully saturated rings. The topological polar surface area (TPSA) is 37.4 Å². The lowest BCUT2D eigenvalue weighted by molar-refractivity contribution is 0.412. The van der Waals surface area contributed by atoms with E-state index in [1.54, 1.807) is 13.3 Å². The van der Waals surface area contributed by atoms with E-state index in [2.05, 4.69) is 21.3 Å². The van der Waals surface area contributed by atoms with Crippen molar-refractivity contribution in [2.24, 2.45) is 0 Å². The maximum absolute atomic E-state index is 5.26. The number of hydrogen-bond donors (Lipinski definition) is 1. The van der Waals surface area contributed by atoms with Crippen molar-refractivity contribution in [1.29, 1.82) is 0 Å². The molecule has 0 radical (unpaired) electrons. The summed E-state index contributed by atoms with van der Waals surface area (Å²) in [4.78, 5) is 6.81. The Bertz CT molecular complexity index is 382. The zero-order valence-corrected chi connectivity index (χ0v) is 10.2. The van der Waals surface area contributed by atoms with E-state index in [0.29, 0.717) is 12.1 Å². The lowest BCUT2D eigenvalue weighted by atomic mass is 10.1. The first-order valence-corrected chi connectivity index (χ1v) is 6.36. The van der Waals surface area contributed by atoms with Crippen LogP contribution < -0.4 is 15.0 Å². The second-order valence-electron chi connectivity index (χ2n) is 4.87. The smallest absolute Gasteiger partial charge is 0.139 e. The fourth-order valence-corrected chi connectivity index (χ4v) is 3.06. The predicted molar refractivity (Wildman–Crippen MR) is 67.6 cm³/mol. The molecule has 92 valence electrons. The fourth-order valence-electron chi connectivity index (χ4n) is 3.06. The van der Waals surface area contributed by atoms with Gasteiger partial charge >= 0.3 is 0 Å². The van der Waals surface area contributed by atoms with Crippen molar-refractivity contribution in [3.05, 3.63) is 18.5 Å². The summed E-state index contributed by atoms with van der Waals surface area (Å²) in [5.74, 6) is 0.846. The zero-order valence-electron chi connectivity index (χ0n) is 10.2. The van der Waals surface area contributed by atoms with Crippen molar-refractivity contribution in [2.45, 2.75) is 31.3 Å². The highest BCUT2D eigenvalue weighted by atomic mass is 16.5. The molecular formula is C13H19N3O. The molecule has 2 atom stereocenters. The average Bonchev–Trinajstić information content (AvgIpc) is 2.63. The van der Waals surface area contributed by atoms with Crippen LogP contribution in [0.2, 0.25) is 0 Å². The molecule has 1 N–H and O–H groups in total. The number of aromatic nitrogens is 1. The maximum atomic E-state index is 5.26. The standard InChI is InChI=1S/C13H19N3O/c1-17-13-6-12(8-15-9-13)16-10-2-3-11(16)7-14-5-4-10/h6,8-11,14H,2-5,7H2,1H3/t10-,11+/m0/s1. The Labute approximate surface area is 102 Å². The van der Waals surface area contributed by atoms with Gasteiger partial charge in [-0.15, -0.1) is 0 Å². The summed E-state index contributed by atoms with van der Waals surface area (Å²) in [7, 11) is 1.69. The maximum Gasteiger partial charge on any atom is 0.139 e. The van der Waals surface area contributed by atoms with Gasteiger partial charge in [0.05, 0.1) is 25.2 Å². The van der Waals surface area contributed by atoms with Crippen molar-refractivity contribution in [1.82, 2.24) is 10.3 Å². The number of ether oxygens (including phenoxy) is 1. The van der Waals surface area contributed by atoms with E-state index in [-0.39, 0.29) is 0 Å². The molecule has 4 nitrogen and oxygen atoms in total. The summed E-state index contributed by atoms with van der Waals surface area (Å²) in [5.41, 5.74) is 1.21. The van der Waals surface area contributed by atoms with E-state index in [4.69, 9.17) is 4.74 Å². The third-order valence-corrected chi connectivity index (χ3v) is 3.89. The number of hydrogen-bond acceptors (Lipinski definition) is 4. The van der Waals surface area contributed by atoms with Crippen LogP contribution in [0.3, 0.4) is 0 Å². The number of nitrogens with one attached hydrogen (secondary N) is 1. The Kier molecular flexibility index (Phi) is 2.89. The highest BCUT2D eigenvalue weighted by Crippen LogP contribution is 2.34. The normalized spacial score (nSPS) is 27.9. The molecule has 2 aliphatic rings. The van der Waals surface area contributed by atoms with Crippen LogP contribution in [0, 0.1) is 0 Å². The molecule has 2 aliphatic heterocycles. The monoisotopic (exact) mass is 233 g/mol. The van der Waals surface area contributed by atoms with Gasteiger partial charge in [-0.1, -0.05) is 0 Å². The molecule has 0 aromatic carbocycles. The number of methoxy groups -OCH3 is 1. The lowest BCUT2D eigenvalue weighted by Crippen LogP contribution is -2.38. The quantitative estimate of drug-likeness (QED) is 0.838. The molecular weight excluding hydrogens is 214 g/mol. The minimum atomic E-state index is 0.622. The van der Waals surface area contributed by atoms with Gasteiger partial charge in [0.25, 0.3) is 0 Å². The van der Waals surface area contributed by atoms with Crippen molar-refractivity contribution in [3.63, 3.8) is 0 Å². The highest BCUT2D eigenvalue weighted by molar-refractivity contribution is 5.51. The molecule has 0 spiro atoms. The third-order valence-electron chi connectivity index (χ3n) is 3.89. The molecule has 3 rings (SSSR count). The van der Waals surface area contributed by atoms with Gasteiger partial charge < -0.3 is 15.0 Å². The zero-order chi connectivity index (χ0) is 11.7. The van der Waals surface area contributed by atoms with E-state index < -0.39 is 0 Å². The number of anilines is 1. The molecule has 17 heavy (non-hydrogen) atoms. The van der Waals surface area contributed by atoms with Gasteiger partial charge in [0.2, 0.25) is 0 Å². The lowest BCUT2D eigenvalue weighted by Gasteiger charge is -2.30. The van der Waals surface area contributed by atoms with E-state index in [1.165, 1.54) is 24.9 Å². The average molecular weight is 233 g/mol. The van der Waals surface area contributed by atoms with Gasteiger partial charge in [-0.05, 0) is 25.8 Å². The number of pyridine rings is 1. The number of rotatable bonds is 2. The second kappa shape index (κ2) is 4.53. The predicted octanol–water partition coefficient (Wildman–Crippen LogP) is 1.42. The van der Waals surface area contributed by atoms with Crippen LogP contribution in [0.1, 0.15) is 19.3 Å². The van der Waals surface area contributed by atoms with E-state index >= 15 is 0 Å². The first-order valence-electron chi connectivity index (χ1n) is 6.36. The van der Waals surface area contributed by atoms with Crippen molar-refractivity contribution in [3.8, 4) is 5.75 Å². The van der Waals surface area contributed by atoms with Gasteiger partial charge in [-0.3, -0.25) is 4.98 Å². The van der Waals surface area contributed by atoms with Gasteiger partial charge in [0.1, 0.15) is 5.75 Å². The van der Waals surface area contributed by atoms with E-state index in [9.17, 15) is 0 Å². The Morgan fingerprint density at radius 2 is 2.18 bits per heavy atom. The van der Waals surface area contributed by atoms with Crippen LogP contribution in [-0.4, -0.2) is 37.3 Å². The fraction of sp³-hybridized carbons (Fsp3) is 0.615. The molecule has 0 aliphatic carbocycles. The largest absolute Gasteiger partial charge is 0.495 e. The molecule has 2 bridgehead atoms. The van der Waals surface area contributed by atoms with Gasteiger partial charge in [0, 0.05) is 24.7 Å². The van der Waals surface area contributed by atoms with Crippen molar-refractivity contribution >= 4 is 5.69 Å².